The van der Waals surface area contributed by atoms with Crippen LogP contribution in [0.4, 0.5) is 4.39 Å². The van der Waals surface area contributed by atoms with Crippen molar-refractivity contribution in [1.29, 1.82) is 0 Å². The number of carbonyl (C=O) groups is 1. The molecule has 0 spiro atoms. The van der Waals surface area contributed by atoms with Gasteiger partial charge in [-0.1, -0.05) is 6.07 Å². The van der Waals surface area contributed by atoms with Gasteiger partial charge in [-0.15, -0.1) is 0 Å². The van der Waals surface area contributed by atoms with E-state index >= 15 is 0 Å². The van der Waals surface area contributed by atoms with Gasteiger partial charge in [-0.3, -0.25) is 4.79 Å². The van der Waals surface area contributed by atoms with Crippen LogP contribution >= 0.6 is 0 Å². The number of aliphatic imine (C=N–C) groups is 1. The van der Waals surface area contributed by atoms with E-state index in [9.17, 15) is 9.18 Å². The van der Waals surface area contributed by atoms with Gasteiger partial charge in [-0.05, 0) is 38.1 Å². The number of furan rings is 1. The van der Waals surface area contributed by atoms with Crippen LogP contribution in [0.15, 0.2) is 52.1 Å². The van der Waals surface area contributed by atoms with E-state index in [-0.39, 0.29) is 17.8 Å². The number of guanidine groups is 1. The molecule has 1 aliphatic rings. The third-order valence-electron chi connectivity index (χ3n) is 4.56. The Morgan fingerprint density at radius 1 is 1.24 bits per heavy atom. The third kappa shape index (κ3) is 5.73. The molecule has 1 unspecified atom stereocenters. The maximum atomic E-state index is 13.3. The van der Waals surface area contributed by atoms with Gasteiger partial charge in [0.1, 0.15) is 17.7 Å². The number of piperazine rings is 1. The molecule has 3 rings (SSSR count). The molecule has 1 N–H and O–H groups in total. The van der Waals surface area contributed by atoms with Gasteiger partial charge >= 0.3 is 0 Å². The quantitative estimate of drug-likeness (QED) is 0.594. The van der Waals surface area contributed by atoms with Crippen molar-refractivity contribution in [3.8, 4) is 5.75 Å². The monoisotopic (exact) mass is 402 g/mol. The van der Waals surface area contributed by atoms with Crippen LogP contribution in [-0.2, 0) is 0 Å². The molecule has 0 radical (unpaired) electrons. The van der Waals surface area contributed by atoms with E-state index in [2.05, 4.69) is 15.2 Å². The average molecular weight is 402 g/mol. The van der Waals surface area contributed by atoms with Gasteiger partial charge in [0.2, 0.25) is 0 Å². The molecule has 2 aromatic rings. The highest BCUT2D eigenvalue weighted by Crippen LogP contribution is 2.14. The Balaban J connectivity index is 1.54. The summed E-state index contributed by atoms with van der Waals surface area (Å²) in [5, 5.41) is 3.29. The lowest BCUT2D eigenvalue weighted by Gasteiger charge is -2.36. The minimum absolute atomic E-state index is 0.0892. The number of amides is 1. The SMILES string of the molecule is CCNC(=NCC(C)Oc1cccc(F)c1)N1CCN(C(=O)c2ccco2)CC1. The minimum atomic E-state index is -0.325. The normalized spacial score (nSPS) is 15.9. The van der Waals surface area contributed by atoms with E-state index in [0.29, 0.717) is 44.2 Å². The number of rotatable bonds is 6. The second-order valence-corrected chi connectivity index (χ2v) is 6.84. The van der Waals surface area contributed by atoms with Gasteiger partial charge in [0.15, 0.2) is 11.7 Å². The minimum Gasteiger partial charge on any atom is -0.489 e. The molecule has 0 saturated carbocycles. The van der Waals surface area contributed by atoms with E-state index in [4.69, 9.17) is 9.15 Å². The van der Waals surface area contributed by atoms with Gasteiger partial charge in [0.05, 0.1) is 12.8 Å². The molecule has 1 atom stereocenters. The largest absolute Gasteiger partial charge is 0.489 e. The van der Waals surface area contributed by atoms with E-state index in [1.807, 2.05) is 13.8 Å². The summed E-state index contributed by atoms with van der Waals surface area (Å²) in [6, 6.07) is 9.49. The van der Waals surface area contributed by atoms with Crippen molar-refractivity contribution in [3.63, 3.8) is 0 Å². The molecule has 1 fully saturated rings. The summed E-state index contributed by atoms with van der Waals surface area (Å²) < 4.78 is 24.2. The Morgan fingerprint density at radius 3 is 2.66 bits per heavy atom. The third-order valence-corrected chi connectivity index (χ3v) is 4.56. The fourth-order valence-electron chi connectivity index (χ4n) is 3.13. The van der Waals surface area contributed by atoms with E-state index in [1.165, 1.54) is 18.4 Å². The van der Waals surface area contributed by atoms with Crippen molar-refractivity contribution < 1.29 is 18.3 Å². The molecule has 8 heteroatoms. The first kappa shape index (κ1) is 20.7. The number of hydrogen-bond donors (Lipinski definition) is 1. The molecule has 7 nitrogen and oxygen atoms in total. The highest BCUT2D eigenvalue weighted by atomic mass is 19.1. The van der Waals surface area contributed by atoms with Gasteiger partial charge in [0, 0.05) is 38.8 Å². The molecule has 1 aliphatic heterocycles. The Kier molecular flexibility index (Phi) is 7.10. The Bertz CT molecular complexity index is 817. The lowest BCUT2D eigenvalue weighted by Crippen LogP contribution is -2.53. The number of carbonyl (C=O) groups excluding carboxylic acids is 1. The Hall–Kier alpha value is -3.03. The summed E-state index contributed by atoms with van der Waals surface area (Å²) in [5.74, 6) is 1.22. The zero-order valence-corrected chi connectivity index (χ0v) is 16.8. The Labute approximate surface area is 170 Å². The lowest BCUT2D eigenvalue weighted by atomic mass is 10.3. The molecular weight excluding hydrogens is 375 g/mol. The van der Waals surface area contributed by atoms with Crippen molar-refractivity contribution in [2.45, 2.75) is 20.0 Å². The van der Waals surface area contributed by atoms with Crippen molar-refractivity contribution in [2.75, 3.05) is 39.3 Å². The lowest BCUT2D eigenvalue weighted by molar-refractivity contribution is 0.0657. The fourth-order valence-corrected chi connectivity index (χ4v) is 3.13. The smallest absolute Gasteiger partial charge is 0.289 e. The number of nitrogens with zero attached hydrogens (tertiary/aromatic N) is 3. The summed E-state index contributed by atoms with van der Waals surface area (Å²) in [6.07, 6.45) is 1.30. The van der Waals surface area contributed by atoms with E-state index in [1.54, 1.807) is 29.2 Å². The van der Waals surface area contributed by atoms with Crippen LogP contribution in [0.2, 0.25) is 0 Å². The Morgan fingerprint density at radius 2 is 2.00 bits per heavy atom. The van der Waals surface area contributed by atoms with Crippen molar-refractivity contribution >= 4 is 11.9 Å². The molecule has 156 valence electrons. The zero-order valence-electron chi connectivity index (χ0n) is 16.8. The maximum Gasteiger partial charge on any atom is 0.289 e. The molecule has 1 saturated heterocycles. The van der Waals surface area contributed by atoms with Crippen molar-refractivity contribution in [3.05, 3.63) is 54.2 Å². The number of ether oxygens (including phenoxy) is 1. The molecule has 29 heavy (non-hydrogen) atoms. The number of nitrogens with one attached hydrogen (secondary N) is 1. The first-order chi connectivity index (χ1) is 14.1. The van der Waals surface area contributed by atoms with Gasteiger partial charge in [-0.25, -0.2) is 9.38 Å². The van der Waals surface area contributed by atoms with Crippen LogP contribution < -0.4 is 10.1 Å². The fraction of sp³-hybridized carbons (Fsp3) is 0.429. The molecule has 0 aliphatic carbocycles. The topological polar surface area (TPSA) is 70.3 Å². The molecule has 2 heterocycles. The first-order valence-corrected chi connectivity index (χ1v) is 9.85. The summed E-state index contributed by atoms with van der Waals surface area (Å²) >= 11 is 0. The van der Waals surface area contributed by atoms with Crippen LogP contribution in [0.5, 0.6) is 5.75 Å². The molecule has 0 bridgehead atoms. The molecular formula is C21H27FN4O3. The van der Waals surface area contributed by atoms with Gasteiger partial charge in [0.25, 0.3) is 5.91 Å². The second-order valence-electron chi connectivity index (χ2n) is 6.84. The van der Waals surface area contributed by atoms with Crippen LogP contribution in [0.1, 0.15) is 24.4 Å². The van der Waals surface area contributed by atoms with Crippen LogP contribution in [-0.4, -0.2) is 67.0 Å². The summed E-state index contributed by atoms with van der Waals surface area (Å²) in [7, 11) is 0. The highest BCUT2D eigenvalue weighted by Gasteiger charge is 2.25. The first-order valence-electron chi connectivity index (χ1n) is 9.85. The predicted octanol–water partition coefficient (Wildman–Crippen LogP) is 2.61. The van der Waals surface area contributed by atoms with Crippen LogP contribution in [0.25, 0.3) is 0 Å². The van der Waals surface area contributed by atoms with Crippen LogP contribution in [0, 0.1) is 5.82 Å². The predicted molar refractivity (Wildman–Crippen MR) is 109 cm³/mol. The van der Waals surface area contributed by atoms with E-state index in [0.717, 1.165) is 12.5 Å². The van der Waals surface area contributed by atoms with Gasteiger partial charge in [-0.2, -0.15) is 0 Å². The number of halogens is 1. The number of hydrogen-bond acceptors (Lipinski definition) is 4. The summed E-state index contributed by atoms with van der Waals surface area (Å²) in [4.78, 5) is 21.0. The average Bonchev–Trinajstić information content (AvgIpc) is 3.25. The standard InChI is InChI=1S/C21H27FN4O3/c1-3-23-21(24-15-16(2)29-18-7-4-6-17(22)14-18)26-11-9-25(10-12-26)20(27)19-8-5-13-28-19/h4-8,13-14,16H,3,9-12,15H2,1-2H3,(H,23,24). The molecule has 1 aromatic carbocycles. The molecule has 1 aromatic heterocycles. The zero-order chi connectivity index (χ0) is 20.6. The van der Waals surface area contributed by atoms with Crippen LogP contribution in [0.3, 0.4) is 0 Å². The van der Waals surface area contributed by atoms with Crippen molar-refractivity contribution in [2.24, 2.45) is 4.99 Å². The number of benzene rings is 1. The second kappa shape index (κ2) is 9.95. The summed E-state index contributed by atoms with van der Waals surface area (Å²) in [6.45, 7) is 7.64. The molecule has 1 amide bonds. The van der Waals surface area contributed by atoms with Crippen molar-refractivity contribution in [1.82, 2.24) is 15.1 Å². The van der Waals surface area contributed by atoms with Gasteiger partial charge < -0.3 is 24.3 Å². The maximum absolute atomic E-state index is 13.3. The highest BCUT2D eigenvalue weighted by molar-refractivity contribution is 5.91. The van der Waals surface area contributed by atoms with E-state index < -0.39 is 0 Å². The summed E-state index contributed by atoms with van der Waals surface area (Å²) in [5.41, 5.74) is 0.